The van der Waals surface area contributed by atoms with Crippen molar-refractivity contribution >= 4 is 44.6 Å². The van der Waals surface area contributed by atoms with Crippen molar-refractivity contribution in [2.45, 2.75) is 0 Å². The number of fused-ring (bicyclic) bond motifs is 2. The molecule has 1 N–H and O–H groups in total. The molecule has 3 aromatic rings. The van der Waals surface area contributed by atoms with Crippen LogP contribution in [0.2, 0.25) is 0 Å². The first kappa shape index (κ1) is 9.93. The van der Waals surface area contributed by atoms with E-state index in [1.165, 1.54) is 0 Å². The van der Waals surface area contributed by atoms with Crippen LogP contribution in [0.4, 0.5) is 0 Å². The molecule has 16 heavy (non-hydrogen) atoms. The maximum Gasteiger partial charge on any atom is 0.254 e. The van der Waals surface area contributed by atoms with Crippen LogP contribution in [-0.4, -0.2) is 5.10 Å². The van der Waals surface area contributed by atoms with Gasteiger partial charge in [-0.25, -0.2) is 0 Å². The first-order valence-electron chi connectivity index (χ1n) is 4.88. The molecule has 1 aromatic carbocycles. The van der Waals surface area contributed by atoms with Crippen LogP contribution in [-0.2, 0) is 0 Å². The molecule has 0 amide bonds. The van der Waals surface area contributed by atoms with Gasteiger partial charge in [0.1, 0.15) is 10.0 Å². The van der Waals surface area contributed by atoms with E-state index in [0.717, 1.165) is 25.4 Å². The summed E-state index contributed by atoms with van der Waals surface area (Å²) in [6, 6.07) is 12.0. The fourth-order valence-corrected chi connectivity index (χ4v) is 2.49. The molecule has 2 aromatic heterocycles. The van der Waals surface area contributed by atoms with Gasteiger partial charge in [0.15, 0.2) is 0 Å². The summed E-state index contributed by atoms with van der Waals surface area (Å²) in [6.07, 6.45) is 1.96. The first-order valence-corrected chi connectivity index (χ1v) is 6.08. The molecule has 0 unspecified atom stereocenters. The Labute approximate surface area is 106 Å². The highest BCUT2D eigenvalue weighted by atomic mass is 79.9. The Morgan fingerprint density at radius 2 is 2.06 bits per heavy atom. The smallest absolute Gasteiger partial charge is 0.159 e. The number of benzene rings is 1. The van der Waals surface area contributed by atoms with E-state index >= 15 is 0 Å². The van der Waals surface area contributed by atoms with Gasteiger partial charge >= 0.3 is 0 Å². The van der Waals surface area contributed by atoms with Gasteiger partial charge in [-0.1, -0.05) is 32.7 Å². The number of hydrogen-bond acceptors (Lipinski definition) is 1. The van der Waals surface area contributed by atoms with E-state index in [0.29, 0.717) is 0 Å². The number of hydrogen-bond donors (Lipinski definition) is 1. The van der Waals surface area contributed by atoms with Crippen LogP contribution in [0.1, 0.15) is 0 Å². The van der Waals surface area contributed by atoms with E-state index in [4.69, 9.17) is 12.2 Å². The van der Waals surface area contributed by atoms with Gasteiger partial charge in [-0.2, -0.15) is 5.10 Å². The molecule has 0 aliphatic carbocycles. The molecular weight excluding hydrogens is 284 g/mol. The second-order valence-electron chi connectivity index (χ2n) is 3.59. The van der Waals surface area contributed by atoms with Crippen LogP contribution in [0.5, 0.6) is 0 Å². The third-order valence-electron chi connectivity index (χ3n) is 2.56. The number of nitrogens with one attached hydrogen (secondary N) is 1. The summed E-state index contributed by atoms with van der Waals surface area (Å²) >= 11 is 8.96. The lowest BCUT2D eigenvalue weighted by molar-refractivity contribution is -0.578. The molecule has 2 heterocycles. The maximum atomic E-state index is 5.49. The molecule has 78 valence electrons. The summed E-state index contributed by atoms with van der Waals surface area (Å²) in [5, 5.41) is 4.37. The molecule has 0 radical (unpaired) electrons. The van der Waals surface area contributed by atoms with Crippen molar-refractivity contribution < 1.29 is 4.52 Å². The first-order chi connectivity index (χ1) is 7.75. The second-order valence-corrected chi connectivity index (χ2v) is 4.91. The normalized spacial score (nSPS) is 11.1. The monoisotopic (exact) mass is 291 g/mol. The highest BCUT2D eigenvalue weighted by Gasteiger charge is 2.08. The van der Waals surface area contributed by atoms with Crippen LogP contribution >= 0.6 is 28.1 Å². The Hall–Kier alpha value is -1.26. The van der Waals surface area contributed by atoms with E-state index in [2.05, 4.69) is 21.0 Å². The number of halogens is 1. The molecule has 0 fully saturated rings. The Morgan fingerprint density at radius 3 is 2.94 bits per heavy atom. The number of rotatable bonds is 0. The lowest BCUT2D eigenvalue weighted by atomic mass is 10.2. The zero-order valence-electron chi connectivity index (χ0n) is 8.27. The molecule has 0 atom stereocenters. The molecule has 0 saturated carbocycles. The highest BCUT2D eigenvalue weighted by molar-refractivity contribution is 9.10. The number of pyridine rings is 1. The zero-order chi connectivity index (χ0) is 11.1. The standard InChI is InChI=1S/C12H7BrN2S/c13-8-4-5-10-9(7-8)12(16)11-3-1-2-6-15(11)14-10/h1-7H/p+1. The summed E-state index contributed by atoms with van der Waals surface area (Å²) in [4.78, 5) is 0. The molecular formula is C12H8BrN2S+. The third kappa shape index (κ3) is 1.45. The Balaban J connectivity index is 2.61. The van der Waals surface area contributed by atoms with Gasteiger partial charge in [-0.15, -0.1) is 0 Å². The quantitative estimate of drug-likeness (QED) is 0.382. The number of H-pyrrole nitrogens is 1. The maximum absolute atomic E-state index is 5.49. The van der Waals surface area contributed by atoms with Crippen LogP contribution < -0.4 is 4.52 Å². The zero-order valence-corrected chi connectivity index (χ0v) is 10.7. The predicted octanol–water partition coefficient (Wildman–Crippen LogP) is 3.40. The Morgan fingerprint density at radius 1 is 1.19 bits per heavy atom. The summed E-state index contributed by atoms with van der Waals surface area (Å²) < 4.78 is 3.86. The van der Waals surface area contributed by atoms with Crippen molar-refractivity contribution in [3.8, 4) is 0 Å². The average molecular weight is 292 g/mol. The molecule has 2 nitrogen and oxygen atoms in total. The third-order valence-corrected chi connectivity index (χ3v) is 3.48. The Kier molecular flexibility index (Phi) is 2.26. The minimum atomic E-state index is 0.871. The van der Waals surface area contributed by atoms with Crippen molar-refractivity contribution in [1.29, 1.82) is 0 Å². The highest BCUT2D eigenvalue weighted by Crippen LogP contribution is 2.19. The van der Waals surface area contributed by atoms with Gasteiger partial charge in [0.2, 0.25) is 6.20 Å². The van der Waals surface area contributed by atoms with Crippen molar-refractivity contribution in [2.75, 3.05) is 0 Å². The lowest BCUT2D eigenvalue weighted by Gasteiger charge is -1.98. The van der Waals surface area contributed by atoms with E-state index in [1.54, 1.807) is 0 Å². The minimum absolute atomic E-state index is 0.871. The van der Waals surface area contributed by atoms with Crippen LogP contribution in [0.25, 0.3) is 16.4 Å². The van der Waals surface area contributed by atoms with Gasteiger partial charge in [0.25, 0.3) is 5.52 Å². The fourth-order valence-electron chi connectivity index (χ4n) is 1.80. The summed E-state index contributed by atoms with van der Waals surface area (Å²) in [7, 11) is 0. The number of nitrogens with zero attached hydrogens (tertiary/aromatic N) is 1. The minimum Gasteiger partial charge on any atom is -0.159 e. The molecule has 3 rings (SSSR count). The van der Waals surface area contributed by atoms with Crippen molar-refractivity contribution in [3.05, 3.63) is 51.6 Å². The van der Waals surface area contributed by atoms with Crippen LogP contribution in [0.15, 0.2) is 47.1 Å². The van der Waals surface area contributed by atoms with Crippen LogP contribution in [0, 0.1) is 4.51 Å². The van der Waals surface area contributed by atoms with Crippen molar-refractivity contribution in [3.63, 3.8) is 0 Å². The number of aromatic amines is 1. The summed E-state index contributed by atoms with van der Waals surface area (Å²) in [5.41, 5.74) is 2.06. The van der Waals surface area contributed by atoms with Gasteiger partial charge in [-0.3, -0.25) is 0 Å². The van der Waals surface area contributed by atoms with E-state index in [9.17, 15) is 0 Å². The molecule has 0 aliphatic heterocycles. The van der Waals surface area contributed by atoms with E-state index in [1.807, 2.05) is 47.1 Å². The molecule has 0 aliphatic rings. The summed E-state index contributed by atoms with van der Waals surface area (Å²) in [6.45, 7) is 0. The van der Waals surface area contributed by atoms with Gasteiger partial charge in [-0.05, 0) is 24.3 Å². The lowest BCUT2D eigenvalue weighted by Crippen LogP contribution is -2.26. The largest absolute Gasteiger partial charge is 0.254 e. The molecule has 4 heteroatoms. The van der Waals surface area contributed by atoms with Crippen LogP contribution in [0.3, 0.4) is 0 Å². The predicted molar refractivity (Wildman–Crippen MR) is 70.0 cm³/mol. The topological polar surface area (TPSA) is 19.9 Å². The van der Waals surface area contributed by atoms with Gasteiger partial charge < -0.3 is 0 Å². The van der Waals surface area contributed by atoms with E-state index < -0.39 is 0 Å². The molecule has 0 spiro atoms. The van der Waals surface area contributed by atoms with Crippen molar-refractivity contribution in [2.24, 2.45) is 0 Å². The SMILES string of the molecule is S=c1c2cc(Br)ccc2[nH][n+]2ccccc12. The van der Waals surface area contributed by atoms with Gasteiger partial charge in [0, 0.05) is 22.0 Å². The summed E-state index contributed by atoms with van der Waals surface area (Å²) in [5.74, 6) is 0. The average Bonchev–Trinajstić information content (AvgIpc) is 2.31. The second kappa shape index (κ2) is 3.64. The number of aromatic nitrogens is 2. The molecule has 0 bridgehead atoms. The van der Waals surface area contributed by atoms with Crippen molar-refractivity contribution in [1.82, 2.24) is 5.10 Å². The van der Waals surface area contributed by atoms with Gasteiger partial charge in [0.05, 0.1) is 0 Å². The molecule has 0 saturated heterocycles. The fraction of sp³-hybridized carbons (Fsp3) is 0. The Bertz CT molecular complexity index is 749. The van der Waals surface area contributed by atoms with E-state index in [-0.39, 0.29) is 0 Å².